The Bertz CT molecular complexity index is 882. The molecular weight excluding hydrogens is 362 g/mol. The summed E-state index contributed by atoms with van der Waals surface area (Å²) < 4.78 is 27.3. The number of pyridine rings is 1. The highest BCUT2D eigenvalue weighted by Crippen LogP contribution is 2.25. The first-order valence-electron chi connectivity index (χ1n) is 9.16. The minimum atomic E-state index is -3.52. The molecule has 0 aliphatic carbocycles. The van der Waals surface area contributed by atoms with Gasteiger partial charge in [-0.25, -0.2) is 8.42 Å². The van der Waals surface area contributed by atoms with E-state index in [-0.39, 0.29) is 16.8 Å². The van der Waals surface area contributed by atoms with E-state index in [1.165, 1.54) is 12.1 Å². The summed E-state index contributed by atoms with van der Waals surface area (Å²) in [6.45, 7) is 2.97. The molecule has 144 valence electrons. The lowest BCUT2D eigenvalue weighted by atomic mass is 10.1. The van der Waals surface area contributed by atoms with E-state index < -0.39 is 10.0 Å². The first-order chi connectivity index (χ1) is 12.9. The number of nitrogens with zero attached hydrogens (tertiary/aromatic N) is 3. The Kier molecular flexibility index (Phi) is 5.92. The van der Waals surface area contributed by atoms with Crippen molar-refractivity contribution in [2.24, 2.45) is 0 Å². The molecule has 27 heavy (non-hydrogen) atoms. The largest absolute Gasteiger partial charge is 0.337 e. The van der Waals surface area contributed by atoms with E-state index in [4.69, 9.17) is 0 Å². The van der Waals surface area contributed by atoms with Gasteiger partial charge in [-0.1, -0.05) is 6.42 Å². The van der Waals surface area contributed by atoms with Gasteiger partial charge in [0.15, 0.2) is 0 Å². The van der Waals surface area contributed by atoms with E-state index in [0.717, 1.165) is 24.8 Å². The molecule has 0 N–H and O–H groups in total. The van der Waals surface area contributed by atoms with Crippen LogP contribution in [-0.2, 0) is 16.6 Å². The number of benzene rings is 1. The summed E-state index contributed by atoms with van der Waals surface area (Å²) in [4.78, 5) is 18.4. The van der Waals surface area contributed by atoms with Gasteiger partial charge >= 0.3 is 0 Å². The van der Waals surface area contributed by atoms with E-state index in [9.17, 15) is 13.2 Å². The van der Waals surface area contributed by atoms with Crippen molar-refractivity contribution < 1.29 is 13.2 Å². The number of sulfonamides is 1. The molecule has 1 saturated heterocycles. The van der Waals surface area contributed by atoms with Crippen LogP contribution in [-0.4, -0.2) is 48.1 Å². The predicted molar refractivity (Wildman–Crippen MR) is 104 cm³/mol. The Morgan fingerprint density at radius 1 is 1.15 bits per heavy atom. The third-order valence-electron chi connectivity index (χ3n) is 4.97. The molecular formula is C20H25N3O3S. The zero-order valence-electron chi connectivity index (χ0n) is 15.7. The number of aromatic nitrogens is 1. The van der Waals surface area contributed by atoms with Crippen LogP contribution in [0, 0.1) is 0 Å². The molecule has 1 amide bonds. The van der Waals surface area contributed by atoms with Gasteiger partial charge < -0.3 is 4.90 Å². The van der Waals surface area contributed by atoms with Crippen molar-refractivity contribution in [1.82, 2.24) is 14.2 Å². The van der Waals surface area contributed by atoms with Crippen LogP contribution in [0.5, 0.6) is 0 Å². The molecule has 1 unspecified atom stereocenters. The Hall–Kier alpha value is -2.25. The second-order valence-corrected chi connectivity index (χ2v) is 8.89. The van der Waals surface area contributed by atoms with Crippen LogP contribution in [0.3, 0.4) is 0 Å². The molecule has 1 aromatic carbocycles. The van der Waals surface area contributed by atoms with E-state index in [0.29, 0.717) is 18.7 Å². The lowest BCUT2D eigenvalue weighted by Crippen LogP contribution is -2.41. The minimum absolute atomic E-state index is 0.0107. The number of rotatable bonds is 5. The zero-order valence-corrected chi connectivity index (χ0v) is 16.5. The third kappa shape index (κ3) is 4.36. The molecule has 0 saturated carbocycles. The number of hydrogen-bond acceptors (Lipinski definition) is 4. The molecule has 0 radical (unpaired) electrons. The van der Waals surface area contributed by atoms with Crippen molar-refractivity contribution >= 4 is 15.9 Å². The van der Waals surface area contributed by atoms with E-state index in [2.05, 4.69) is 4.98 Å². The number of hydrogen-bond donors (Lipinski definition) is 0. The topological polar surface area (TPSA) is 70.6 Å². The van der Waals surface area contributed by atoms with E-state index >= 15 is 0 Å². The Morgan fingerprint density at radius 3 is 2.44 bits per heavy atom. The summed E-state index contributed by atoms with van der Waals surface area (Å²) in [7, 11) is -1.80. The number of amides is 1. The molecule has 1 aliphatic heterocycles. The highest BCUT2D eigenvalue weighted by Gasteiger charge is 2.31. The van der Waals surface area contributed by atoms with Gasteiger partial charge in [0.25, 0.3) is 5.91 Å². The first-order valence-corrected chi connectivity index (χ1v) is 10.6. The van der Waals surface area contributed by atoms with Crippen molar-refractivity contribution in [3.8, 4) is 0 Å². The van der Waals surface area contributed by atoms with Gasteiger partial charge in [0, 0.05) is 44.1 Å². The van der Waals surface area contributed by atoms with Crippen LogP contribution in [0.1, 0.15) is 42.1 Å². The molecule has 2 heterocycles. The molecule has 0 spiro atoms. The number of carbonyl (C=O) groups excluding carboxylic acids is 1. The fourth-order valence-electron chi connectivity index (χ4n) is 3.39. The van der Waals surface area contributed by atoms with Gasteiger partial charge in [0.05, 0.1) is 4.90 Å². The number of carbonyl (C=O) groups is 1. The molecule has 3 rings (SSSR count). The molecule has 1 atom stereocenters. The summed E-state index contributed by atoms with van der Waals surface area (Å²) >= 11 is 0. The van der Waals surface area contributed by atoms with Crippen LogP contribution < -0.4 is 0 Å². The molecule has 7 heteroatoms. The molecule has 2 aromatic rings. The van der Waals surface area contributed by atoms with Crippen LogP contribution in [0.2, 0.25) is 0 Å². The van der Waals surface area contributed by atoms with Gasteiger partial charge in [-0.3, -0.25) is 9.78 Å². The van der Waals surface area contributed by atoms with Crippen molar-refractivity contribution in [2.75, 3.05) is 13.6 Å². The summed E-state index contributed by atoms with van der Waals surface area (Å²) in [6, 6.07) is 9.98. The first kappa shape index (κ1) is 19.5. The minimum Gasteiger partial charge on any atom is -0.337 e. The van der Waals surface area contributed by atoms with Gasteiger partial charge in [0.2, 0.25) is 10.0 Å². The normalized spacial score (nSPS) is 18.2. The second kappa shape index (κ2) is 8.19. The summed E-state index contributed by atoms with van der Waals surface area (Å²) in [5.41, 5.74) is 1.45. The SMILES string of the molecule is CC1CCCCN1S(=O)(=O)c1ccc(C(=O)N(C)Cc2ccncc2)cc1. The van der Waals surface area contributed by atoms with Crippen molar-refractivity contribution in [2.45, 2.75) is 43.7 Å². The maximum atomic E-state index is 12.9. The maximum absolute atomic E-state index is 12.9. The lowest BCUT2D eigenvalue weighted by Gasteiger charge is -2.32. The molecule has 1 fully saturated rings. The average Bonchev–Trinajstić information content (AvgIpc) is 2.68. The van der Waals surface area contributed by atoms with E-state index in [1.807, 2.05) is 19.1 Å². The third-order valence-corrected chi connectivity index (χ3v) is 6.99. The Morgan fingerprint density at radius 2 is 1.81 bits per heavy atom. The molecule has 6 nitrogen and oxygen atoms in total. The van der Waals surface area contributed by atoms with E-state index in [1.54, 1.807) is 40.8 Å². The van der Waals surface area contributed by atoms with Gasteiger partial charge in [-0.15, -0.1) is 0 Å². The lowest BCUT2D eigenvalue weighted by molar-refractivity contribution is 0.0785. The van der Waals surface area contributed by atoms with Crippen LogP contribution in [0.4, 0.5) is 0 Å². The molecule has 1 aromatic heterocycles. The predicted octanol–water partition coefficient (Wildman–Crippen LogP) is 2.92. The second-order valence-electron chi connectivity index (χ2n) is 7.00. The molecule has 1 aliphatic rings. The Balaban J connectivity index is 1.73. The summed E-state index contributed by atoms with van der Waals surface area (Å²) in [5.74, 6) is -0.151. The van der Waals surface area contributed by atoms with Gasteiger partial charge in [-0.2, -0.15) is 4.31 Å². The monoisotopic (exact) mass is 387 g/mol. The zero-order chi connectivity index (χ0) is 19.4. The Labute approximate surface area is 160 Å². The van der Waals surface area contributed by atoms with Crippen molar-refractivity contribution in [1.29, 1.82) is 0 Å². The average molecular weight is 388 g/mol. The van der Waals surface area contributed by atoms with Crippen LogP contribution in [0.15, 0.2) is 53.7 Å². The molecule has 0 bridgehead atoms. The fraction of sp³-hybridized carbons (Fsp3) is 0.400. The van der Waals surface area contributed by atoms with Crippen molar-refractivity contribution in [3.05, 3.63) is 59.9 Å². The van der Waals surface area contributed by atoms with Gasteiger partial charge in [0.1, 0.15) is 0 Å². The van der Waals surface area contributed by atoms with Crippen molar-refractivity contribution in [3.63, 3.8) is 0 Å². The highest BCUT2D eigenvalue weighted by molar-refractivity contribution is 7.89. The summed E-state index contributed by atoms with van der Waals surface area (Å²) in [5, 5.41) is 0. The quantitative estimate of drug-likeness (QED) is 0.791. The highest BCUT2D eigenvalue weighted by atomic mass is 32.2. The smallest absolute Gasteiger partial charge is 0.253 e. The van der Waals surface area contributed by atoms with Crippen LogP contribution in [0.25, 0.3) is 0 Å². The number of piperidine rings is 1. The van der Waals surface area contributed by atoms with Gasteiger partial charge in [-0.05, 0) is 61.7 Å². The fourth-order valence-corrected chi connectivity index (χ4v) is 5.09. The maximum Gasteiger partial charge on any atom is 0.253 e. The van der Waals surface area contributed by atoms with Crippen LogP contribution >= 0.6 is 0 Å². The standard InChI is InChI=1S/C20H25N3O3S/c1-16-5-3-4-14-23(16)27(25,26)19-8-6-18(7-9-19)20(24)22(2)15-17-10-12-21-13-11-17/h6-13,16H,3-5,14-15H2,1-2H3. The summed E-state index contributed by atoms with van der Waals surface area (Å²) in [6.07, 6.45) is 6.21.